The molecule has 0 rings (SSSR count). The van der Waals surface area contributed by atoms with Crippen LogP contribution in [0.3, 0.4) is 0 Å². The Morgan fingerprint density at radius 1 is 0.569 bits per heavy atom. The number of hydrogen-bond acceptors (Lipinski definition) is 8. The van der Waals surface area contributed by atoms with Gasteiger partial charge in [-0.2, -0.15) is 0 Å². The van der Waals surface area contributed by atoms with E-state index in [9.17, 15) is 19.0 Å². The number of esters is 2. The first-order valence-corrected chi connectivity index (χ1v) is 22.3. The fourth-order valence-corrected chi connectivity index (χ4v) is 6.43. The van der Waals surface area contributed by atoms with Gasteiger partial charge in [0.05, 0.1) is 13.2 Å². The molecule has 0 saturated heterocycles. The van der Waals surface area contributed by atoms with Crippen molar-refractivity contribution in [1.82, 2.24) is 0 Å². The van der Waals surface area contributed by atoms with Gasteiger partial charge in [0.1, 0.15) is 6.61 Å². The van der Waals surface area contributed by atoms with E-state index in [1.54, 1.807) is 0 Å². The second-order valence-corrected chi connectivity index (χ2v) is 15.3. The maximum absolute atomic E-state index is 12.6. The highest BCUT2D eigenvalue weighted by atomic mass is 31.2. The molecule has 2 atom stereocenters. The zero-order chi connectivity index (χ0) is 37.5. The number of carbonyl (C=O) groups is 2. The van der Waals surface area contributed by atoms with Gasteiger partial charge in [-0.05, 0) is 57.8 Å². The third-order valence-electron chi connectivity index (χ3n) is 8.81. The molecule has 0 aliphatic heterocycles. The lowest BCUT2D eigenvalue weighted by Gasteiger charge is -2.19. The molecule has 9 nitrogen and oxygen atoms in total. The molecule has 300 valence electrons. The Labute approximate surface area is 312 Å². The molecule has 2 unspecified atom stereocenters. The first kappa shape index (κ1) is 49.5. The first-order valence-electron chi connectivity index (χ1n) is 20.8. The number of rotatable bonds is 39. The molecule has 0 aliphatic carbocycles. The Bertz CT molecular complexity index is 897. The number of unbranched alkanes of at least 4 members (excludes halogenated alkanes) is 22. The van der Waals surface area contributed by atoms with Gasteiger partial charge in [0.15, 0.2) is 6.10 Å². The summed E-state index contributed by atoms with van der Waals surface area (Å²) in [5.41, 5.74) is 5.34. The lowest BCUT2D eigenvalue weighted by Crippen LogP contribution is -2.29. The van der Waals surface area contributed by atoms with Gasteiger partial charge in [-0.15, -0.1) is 0 Å². The lowest BCUT2D eigenvalue weighted by molar-refractivity contribution is -0.161. The molecule has 10 heteroatoms. The van der Waals surface area contributed by atoms with E-state index < -0.39 is 32.5 Å². The Hall–Kier alpha value is -1.51. The summed E-state index contributed by atoms with van der Waals surface area (Å²) in [7, 11) is -4.37. The highest BCUT2D eigenvalue weighted by Gasteiger charge is 2.26. The van der Waals surface area contributed by atoms with Crippen LogP contribution in [-0.4, -0.2) is 49.3 Å². The Morgan fingerprint density at radius 2 is 0.980 bits per heavy atom. The van der Waals surface area contributed by atoms with Gasteiger partial charge in [0.25, 0.3) is 0 Å². The van der Waals surface area contributed by atoms with Gasteiger partial charge in [-0.1, -0.05) is 147 Å². The summed E-state index contributed by atoms with van der Waals surface area (Å²) < 4.78 is 32.7. The number of phosphoric acid groups is 1. The van der Waals surface area contributed by atoms with E-state index in [1.807, 2.05) is 0 Å². The molecule has 3 N–H and O–H groups in total. The van der Waals surface area contributed by atoms with Crippen LogP contribution in [0.15, 0.2) is 24.3 Å². The summed E-state index contributed by atoms with van der Waals surface area (Å²) in [6.45, 7) is 3.68. The molecule has 0 fully saturated rings. The van der Waals surface area contributed by atoms with Crippen LogP contribution >= 0.6 is 7.82 Å². The second-order valence-electron chi connectivity index (χ2n) is 13.8. The zero-order valence-electron chi connectivity index (χ0n) is 32.8. The summed E-state index contributed by atoms with van der Waals surface area (Å²) in [5.74, 6) is -0.839. The van der Waals surface area contributed by atoms with Gasteiger partial charge in [0, 0.05) is 19.4 Å². The predicted molar refractivity (Wildman–Crippen MR) is 211 cm³/mol. The molecule has 0 amide bonds. The minimum atomic E-state index is -4.37. The number of phosphoric ester groups is 1. The second kappa shape index (κ2) is 38.2. The monoisotopic (exact) mass is 744 g/mol. The molecule has 0 saturated carbocycles. The number of ether oxygens (including phenoxy) is 2. The molecule has 0 aromatic rings. The smallest absolute Gasteiger partial charge is 0.462 e. The molecule has 0 heterocycles. The quantitative estimate of drug-likeness (QED) is 0.0273. The number of hydrogen-bond donors (Lipinski definition) is 2. The maximum Gasteiger partial charge on any atom is 0.472 e. The first-order chi connectivity index (χ1) is 24.8. The van der Waals surface area contributed by atoms with Crippen molar-refractivity contribution in [2.45, 2.75) is 200 Å². The molecule has 0 radical (unpaired) electrons. The fourth-order valence-electron chi connectivity index (χ4n) is 5.67. The number of allylic oxidation sites excluding steroid dienone is 4. The average Bonchev–Trinajstić information content (AvgIpc) is 3.11. The van der Waals surface area contributed by atoms with Crippen molar-refractivity contribution < 1.29 is 37.6 Å². The third-order valence-corrected chi connectivity index (χ3v) is 9.79. The molecular weight excluding hydrogens is 665 g/mol. The van der Waals surface area contributed by atoms with Crippen molar-refractivity contribution in [2.24, 2.45) is 5.73 Å². The van der Waals surface area contributed by atoms with E-state index in [0.29, 0.717) is 6.42 Å². The molecular formula is C41H78NO8P. The van der Waals surface area contributed by atoms with Gasteiger partial charge >= 0.3 is 19.8 Å². The van der Waals surface area contributed by atoms with Gasteiger partial charge in [-0.3, -0.25) is 18.6 Å². The largest absolute Gasteiger partial charge is 0.472 e. The minimum absolute atomic E-state index is 0.0529. The highest BCUT2D eigenvalue weighted by molar-refractivity contribution is 7.47. The van der Waals surface area contributed by atoms with Crippen molar-refractivity contribution in [3.05, 3.63) is 24.3 Å². The predicted octanol–water partition coefficient (Wildman–Crippen LogP) is 11.6. The van der Waals surface area contributed by atoms with Crippen molar-refractivity contribution >= 4 is 19.8 Å². The van der Waals surface area contributed by atoms with E-state index >= 15 is 0 Å². The van der Waals surface area contributed by atoms with E-state index in [-0.39, 0.29) is 32.6 Å². The third kappa shape index (κ3) is 38.0. The summed E-state index contributed by atoms with van der Waals surface area (Å²) in [5, 5.41) is 0. The van der Waals surface area contributed by atoms with E-state index in [4.69, 9.17) is 24.3 Å². The summed E-state index contributed by atoms with van der Waals surface area (Å²) in [6.07, 6.45) is 39.2. The number of nitrogens with two attached hydrogens (primary N) is 1. The van der Waals surface area contributed by atoms with Crippen molar-refractivity contribution in [1.29, 1.82) is 0 Å². The molecule has 0 aromatic heterocycles. The lowest BCUT2D eigenvalue weighted by atomic mass is 10.1. The van der Waals surface area contributed by atoms with Crippen LogP contribution in [0.25, 0.3) is 0 Å². The average molecular weight is 744 g/mol. The maximum atomic E-state index is 12.6. The molecule has 0 bridgehead atoms. The zero-order valence-corrected chi connectivity index (χ0v) is 33.7. The van der Waals surface area contributed by atoms with Crippen LogP contribution in [-0.2, 0) is 32.7 Å². The number of carbonyl (C=O) groups excluding carboxylic acids is 2. The molecule has 0 spiro atoms. The van der Waals surface area contributed by atoms with E-state index in [0.717, 1.165) is 64.2 Å². The minimum Gasteiger partial charge on any atom is -0.462 e. The van der Waals surface area contributed by atoms with E-state index in [1.165, 1.54) is 96.3 Å². The molecule has 51 heavy (non-hydrogen) atoms. The summed E-state index contributed by atoms with van der Waals surface area (Å²) in [4.78, 5) is 34.7. The molecule has 0 aromatic carbocycles. The van der Waals surface area contributed by atoms with Crippen LogP contribution in [0, 0.1) is 0 Å². The van der Waals surface area contributed by atoms with Crippen LogP contribution in [0.4, 0.5) is 0 Å². The Kier molecular flexibility index (Phi) is 37.1. The molecule has 0 aliphatic rings. The standard InChI is InChI=1S/C41H78NO8P/c1-3-5-7-9-11-13-15-16-17-18-19-20-21-22-24-26-28-30-32-34-41(44)50-39(38-49-51(45,46)48-36-35-42)37-47-40(43)33-31-29-27-25-23-14-12-10-8-6-4-2/h10,12,16-17,39H,3-9,11,13-15,18-38,42H2,1-2H3,(H,45,46). The van der Waals surface area contributed by atoms with Crippen molar-refractivity contribution in [3.8, 4) is 0 Å². The fraction of sp³-hybridized carbons (Fsp3) is 0.854. The Balaban J connectivity index is 4.13. The topological polar surface area (TPSA) is 134 Å². The normalized spacial score (nSPS) is 13.6. The summed E-state index contributed by atoms with van der Waals surface area (Å²) >= 11 is 0. The van der Waals surface area contributed by atoms with Crippen LogP contribution in [0.5, 0.6) is 0 Å². The Morgan fingerprint density at radius 3 is 1.45 bits per heavy atom. The van der Waals surface area contributed by atoms with E-state index in [2.05, 4.69) is 38.2 Å². The highest BCUT2D eigenvalue weighted by Crippen LogP contribution is 2.43. The van der Waals surface area contributed by atoms with Crippen LogP contribution in [0.1, 0.15) is 194 Å². The van der Waals surface area contributed by atoms with Crippen molar-refractivity contribution in [2.75, 3.05) is 26.4 Å². The summed E-state index contributed by atoms with van der Waals surface area (Å²) in [6, 6.07) is 0. The van der Waals surface area contributed by atoms with Gasteiger partial charge < -0.3 is 20.1 Å². The van der Waals surface area contributed by atoms with Crippen molar-refractivity contribution in [3.63, 3.8) is 0 Å². The van der Waals surface area contributed by atoms with Crippen LogP contribution in [0.2, 0.25) is 0 Å². The van der Waals surface area contributed by atoms with Gasteiger partial charge in [-0.25, -0.2) is 4.57 Å². The van der Waals surface area contributed by atoms with Crippen LogP contribution < -0.4 is 5.73 Å². The SMILES string of the molecule is CCCCC=CCCCCCCCC(=O)OCC(COP(=O)(O)OCCN)OC(=O)CCCCCCCCCCCC=CCCCCCCCC. The van der Waals surface area contributed by atoms with Gasteiger partial charge in [0.2, 0.25) is 0 Å².